The van der Waals surface area contributed by atoms with Gasteiger partial charge in [0.15, 0.2) is 6.10 Å². The molecule has 0 spiro atoms. The molecule has 166 valence electrons. The second-order valence-electron chi connectivity index (χ2n) is 7.54. The number of anilines is 1. The van der Waals surface area contributed by atoms with E-state index in [0.717, 1.165) is 12.0 Å². The van der Waals surface area contributed by atoms with E-state index in [9.17, 15) is 14.4 Å². The molecule has 2 aromatic rings. The molecule has 2 rings (SSSR count). The van der Waals surface area contributed by atoms with E-state index in [-0.39, 0.29) is 5.92 Å². The zero-order valence-electron chi connectivity index (χ0n) is 18.6. The summed E-state index contributed by atoms with van der Waals surface area (Å²) >= 11 is 0. The molecule has 2 N–H and O–H groups in total. The lowest BCUT2D eigenvalue weighted by Gasteiger charge is -2.23. The highest BCUT2D eigenvalue weighted by Gasteiger charge is 2.29. The average Bonchev–Trinajstić information content (AvgIpc) is 2.77. The van der Waals surface area contributed by atoms with Gasteiger partial charge in [0.05, 0.1) is 7.11 Å². The van der Waals surface area contributed by atoms with Gasteiger partial charge >= 0.3 is 5.97 Å². The Bertz CT molecular complexity index is 891. The molecule has 0 bridgehead atoms. The molecule has 31 heavy (non-hydrogen) atoms. The van der Waals surface area contributed by atoms with E-state index < -0.39 is 29.9 Å². The number of nitrogens with one attached hydrogen (secondary N) is 2. The lowest BCUT2D eigenvalue weighted by atomic mass is 10.0. The van der Waals surface area contributed by atoms with Crippen molar-refractivity contribution in [3.8, 4) is 5.75 Å². The fraction of sp³-hybridized carbons (Fsp3) is 0.375. The molecule has 2 amide bonds. The highest BCUT2D eigenvalue weighted by molar-refractivity contribution is 5.98. The average molecular weight is 427 g/mol. The number of ether oxygens (including phenoxy) is 2. The van der Waals surface area contributed by atoms with Crippen LogP contribution in [0.15, 0.2) is 48.5 Å². The van der Waals surface area contributed by atoms with E-state index in [1.165, 1.54) is 14.0 Å². The third kappa shape index (κ3) is 6.84. The summed E-state index contributed by atoms with van der Waals surface area (Å²) in [6.45, 7) is 7.13. The Morgan fingerprint density at radius 3 is 2.06 bits per heavy atom. The molecule has 0 fully saturated rings. The Hall–Kier alpha value is -3.35. The lowest BCUT2D eigenvalue weighted by Crippen LogP contribution is -2.47. The minimum absolute atomic E-state index is 0.230. The van der Waals surface area contributed by atoms with Gasteiger partial charge in [-0.3, -0.25) is 9.59 Å². The van der Waals surface area contributed by atoms with E-state index in [2.05, 4.69) is 10.6 Å². The van der Waals surface area contributed by atoms with Gasteiger partial charge in [0.1, 0.15) is 11.8 Å². The van der Waals surface area contributed by atoms with Crippen LogP contribution < -0.4 is 15.4 Å². The van der Waals surface area contributed by atoms with Crippen molar-refractivity contribution in [2.75, 3.05) is 12.4 Å². The van der Waals surface area contributed by atoms with Crippen LogP contribution in [0.4, 0.5) is 5.69 Å². The van der Waals surface area contributed by atoms with E-state index in [4.69, 9.17) is 9.47 Å². The SMILES string of the molecule is CCc1ccc(NC(=O)[C@@H](C)OC(=O)[C@@H](NC(=O)c2ccc(OC)cc2)C(C)C)cc1. The van der Waals surface area contributed by atoms with Gasteiger partial charge in [-0.2, -0.15) is 0 Å². The molecule has 0 saturated heterocycles. The lowest BCUT2D eigenvalue weighted by molar-refractivity contribution is -0.156. The van der Waals surface area contributed by atoms with Crippen LogP contribution in [0.25, 0.3) is 0 Å². The number of carbonyl (C=O) groups is 3. The van der Waals surface area contributed by atoms with Gasteiger partial charge in [-0.15, -0.1) is 0 Å². The first-order valence-electron chi connectivity index (χ1n) is 10.3. The molecule has 7 heteroatoms. The van der Waals surface area contributed by atoms with E-state index in [0.29, 0.717) is 17.0 Å². The van der Waals surface area contributed by atoms with Crippen LogP contribution >= 0.6 is 0 Å². The minimum atomic E-state index is -1.02. The maximum atomic E-state index is 12.7. The number of amides is 2. The van der Waals surface area contributed by atoms with Crippen molar-refractivity contribution >= 4 is 23.5 Å². The summed E-state index contributed by atoms with van der Waals surface area (Å²) in [7, 11) is 1.54. The molecule has 0 aliphatic carbocycles. The first kappa shape index (κ1) is 23.9. The normalized spacial score (nSPS) is 12.6. The minimum Gasteiger partial charge on any atom is -0.497 e. The van der Waals surface area contributed by atoms with Gasteiger partial charge in [-0.1, -0.05) is 32.9 Å². The standard InChI is InChI=1S/C24H30N2O5/c1-6-17-7-11-19(12-8-17)25-22(27)16(4)31-24(29)21(15(2)3)26-23(28)18-9-13-20(30-5)14-10-18/h7-16,21H,6H2,1-5H3,(H,25,27)(H,26,28)/t16-,21+/m1/s1. The smallest absolute Gasteiger partial charge is 0.329 e. The summed E-state index contributed by atoms with van der Waals surface area (Å²) in [6.07, 6.45) is -0.112. The van der Waals surface area contributed by atoms with Crippen molar-refractivity contribution in [3.05, 3.63) is 59.7 Å². The largest absolute Gasteiger partial charge is 0.497 e. The van der Waals surface area contributed by atoms with E-state index >= 15 is 0 Å². The third-order valence-corrected chi connectivity index (χ3v) is 4.85. The number of benzene rings is 2. The highest BCUT2D eigenvalue weighted by atomic mass is 16.5. The van der Waals surface area contributed by atoms with Crippen LogP contribution in [0.2, 0.25) is 0 Å². The predicted octanol–water partition coefficient (Wildman–Crippen LogP) is 3.58. The van der Waals surface area contributed by atoms with Crippen LogP contribution in [-0.2, 0) is 20.7 Å². The zero-order valence-corrected chi connectivity index (χ0v) is 18.6. The third-order valence-electron chi connectivity index (χ3n) is 4.85. The van der Waals surface area contributed by atoms with Crippen LogP contribution in [-0.4, -0.2) is 37.0 Å². The number of hydrogen-bond acceptors (Lipinski definition) is 5. The highest BCUT2D eigenvalue weighted by Crippen LogP contribution is 2.14. The Morgan fingerprint density at radius 1 is 0.935 bits per heavy atom. The molecule has 0 aliphatic heterocycles. The summed E-state index contributed by atoms with van der Waals surface area (Å²) in [5.41, 5.74) is 2.17. The predicted molar refractivity (Wildman–Crippen MR) is 119 cm³/mol. The van der Waals surface area contributed by atoms with Crippen molar-refractivity contribution in [2.45, 2.75) is 46.3 Å². The first-order chi connectivity index (χ1) is 14.7. The number of rotatable bonds is 9. The molecule has 2 atom stereocenters. The maximum absolute atomic E-state index is 12.7. The van der Waals surface area contributed by atoms with E-state index in [1.807, 2.05) is 19.1 Å². The molecule has 0 aromatic heterocycles. The van der Waals surface area contributed by atoms with Crippen molar-refractivity contribution in [1.29, 1.82) is 0 Å². The zero-order chi connectivity index (χ0) is 23.0. The van der Waals surface area contributed by atoms with Gasteiger partial charge in [0.25, 0.3) is 11.8 Å². The number of carbonyl (C=O) groups excluding carboxylic acids is 3. The molecular formula is C24H30N2O5. The van der Waals surface area contributed by atoms with Crippen LogP contribution in [0.3, 0.4) is 0 Å². The molecule has 0 aliphatic rings. The number of hydrogen-bond donors (Lipinski definition) is 2. The molecular weight excluding hydrogens is 396 g/mol. The summed E-state index contributed by atoms with van der Waals surface area (Å²) in [4.78, 5) is 37.6. The van der Waals surface area contributed by atoms with Crippen molar-refractivity contribution in [2.24, 2.45) is 5.92 Å². The Labute approximate surface area is 183 Å². The summed E-state index contributed by atoms with van der Waals surface area (Å²) < 4.78 is 10.4. The van der Waals surface area contributed by atoms with Crippen molar-refractivity contribution in [3.63, 3.8) is 0 Å². The first-order valence-corrected chi connectivity index (χ1v) is 10.3. The van der Waals surface area contributed by atoms with Crippen molar-refractivity contribution < 1.29 is 23.9 Å². The Morgan fingerprint density at radius 2 is 1.55 bits per heavy atom. The van der Waals surface area contributed by atoms with Gasteiger partial charge in [-0.05, 0) is 61.2 Å². The van der Waals surface area contributed by atoms with Gasteiger partial charge < -0.3 is 20.1 Å². The van der Waals surface area contributed by atoms with Crippen molar-refractivity contribution in [1.82, 2.24) is 5.32 Å². The van der Waals surface area contributed by atoms with Gasteiger partial charge in [0, 0.05) is 11.3 Å². The molecule has 2 aromatic carbocycles. The fourth-order valence-corrected chi connectivity index (χ4v) is 2.83. The molecule has 0 saturated carbocycles. The fourth-order valence-electron chi connectivity index (χ4n) is 2.83. The summed E-state index contributed by atoms with van der Waals surface area (Å²) in [5, 5.41) is 5.42. The van der Waals surface area contributed by atoms with Crippen LogP contribution in [0, 0.1) is 5.92 Å². The number of methoxy groups -OCH3 is 1. The number of aryl methyl sites for hydroxylation is 1. The summed E-state index contributed by atoms with van der Waals surface area (Å²) in [6, 6.07) is 13.1. The molecule has 0 heterocycles. The quantitative estimate of drug-likeness (QED) is 0.598. The second kappa shape index (κ2) is 11.2. The second-order valence-corrected chi connectivity index (χ2v) is 7.54. The Balaban J connectivity index is 1.97. The van der Waals surface area contributed by atoms with Crippen LogP contribution in [0.5, 0.6) is 5.75 Å². The summed E-state index contributed by atoms with van der Waals surface area (Å²) in [5.74, 6) is -1.12. The Kier molecular flexibility index (Phi) is 8.61. The van der Waals surface area contributed by atoms with Crippen LogP contribution in [0.1, 0.15) is 43.6 Å². The maximum Gasteiger partial charge on any atom is 0.329 e. The molecule has 0 radical (unpaired) electrons. The van der Waals surface area contributed by atoms with E-state index in [1.54, 1.807) is 50.2 Å². The van der Waals surface area contributed by atoms with Gasteiger partial charge in [0.2, 0.25) is 0 Å². The van der Waals surface area contributed by atoms with Gasteiger partial charge in [-0.25, -0.2) is 4.79 Å². The topological polar surface area (TPSA) is 93.7 Å². The monoisotopic (exact) mass is 426 g/mol. The molecule has 7 nitrogen and oxygen atoms in total. The number of esters is 1. The molecule has 0 unspecified atom stereocenters.